The van der Waals surface area contributed by atoms with Crippen LogP contribution in [0.25, 0.3) is 0 Å². The third-order valence-electron chi connectivity index (χ3n) is 8.03. The van der Waals surface area contributed by atoms with Gasteiger partial charge in [-0.05, 0) is 75.1 Å². The zero-order chi connectivity index (χ0) is 25.3. The summed E-state index contributed by atoms with van der Waals surface area (Å²) in [6.45, 7) is 7.89. The lowest BCUT2D eigenvalue weighted by molar-refractivity contribution is -0.134. The van der Waals surface area contributed by atoms with Crippen LogP contribution in [0.15, 0.2) is 24.3 Å². The number of anilines is 1. The van der Waals surface area contributed by atoms with E-state index in [1.165, 1.54) is 24.9 Å². The molecular formula is C28H42N4O4. The number of alkyl carbamates (subject to hydrolysis) is 1. The van der Waals surface area contributed by atoms with Crippen molar-refractivity contribution in [1.82, 2.24) is 15.5 Å². The average molecular weight is 499 g/mol. The molecule has 1 aromatic rings. The van der Waals surface area contributed by atoms with Crippen molar-refractivity contribution in [2.24, 2.45) is 5.92 Å². The van der Waals surface area contributed by atoms with Gasteiger partial charge in [-0.3, -0.25) is 19.8 Å². The number of rotatable bonds is 9. The number of hydrogen-bond donors (Lipinski definition) is 2. The van der Waals surface area contributed by atoms with E-state index >= 15 is 0 Å². The number of unbranched alkanes of at least 4 members (excludes halogenated alkanes) is 1. The molecule has 3 aliphatic rings. The third-order valence-corrected chi connectivity index (χ3v) is 8.03. The van der Waals surface area contributed by atoms with E-state index in [0.29, 0.717) is 19.4 Å². The fraction of sp³-hybridized carbons (Fsp3) is 0.679. The van der Waals surface area contributed by atoms with Crippen LogP contribution in [0.2, 0.25) is 0 Å². The minimum atomic E-state index is -0.254. The first kappa shape index (κ1) is 26.5. The molecule has 198 valence electrons. The number of piperazine rings is 1. The summed E-state index contributed by atoms with van der Waals surface area (Å²) in [6, 6.07) is 8.57. The van der Waals surface area contributed by atoms with Crippen molar-refractivity contribution in [1.29, 1.82) is 0 Å². The van der Waals surface area contributed by atoms with Crippen LogP contribution in [-0.2, 0) is 14.3 Å². The van der Waals surface area contributed by atoms with Crippen molar-refractivity contribution in [2.45, 2.75) is 76.7 Å². The number of benzene rings is 1. The Morgan fingerprint density at radius 1 is 1.03 bits per heavy atom. The Morgan fingerprint density at radius 2 is 1.75 bits per heavy atom. The Labute approximate surface area is 215 Å². The van der Waals surface area contributed by atoms with Gasteiger partial charge in [0.15, 0.2) is 0 Å². The normalized spacial score (nSPS) is 25.4. The quantitative estimate of drug-likeness (QED) is 0.398. The molecule has 2 saturated heterocycles. The first-order valence-electron chi connectivity index (χ1n) is 13.9. The van der Waals surface area contributed by atoms with E-state index in [1.54, 1.807) is 0 Å². The molecule has 2 aliphatic heterocycles. The molecule has 36 heavy (non-hydrogen) atoms. The molecule has 0 aromatic heterocycles. The maximum absolute atomic E-state index is 12.1. The van der Waals surface area contributed by atoms with Crippen LogP contribution < -0.4 is 15.5 Å². The summed E-state index contributed by atoms with van der Waals surface area (Å²) >= 11 is 0. The van der Waals surface area contributed by atoms with Gasteiger partial charge in [-0.1, -0.05) is 25.5 Å². The monoisotopic (exact) mass is 498 g/mol. The standard InChI is InChI=1S/C28H42N4O4/c1-2-3-20-36-28(35)29-23-8-4-21(5-9-23)14-15-31-16-18-32(19-17-31)24-10-6-22(7-11-24)25-12-13-26(33)30-27(25)34/h6-7,10-11,21,23,25H,2-5,8-9,12-20H2,1H3,(H,29,35)(H,30,33,34). The lowest BCUT2D eigenvalue weighted by Gasteiger charge is -2.37. The molecule has 1 unspecified atom stereocenters. The van der Waals surface area contributed by atoms with Crippen molar-refractivity contribution in [3.8, 4) is 0 Å². The zero-order valence-corrected chi connectivity index (χ0v) is 21.7. The van der Waals surface area contributed by atoms with Crippen LogP contribution in [0.3, 0.4) is 0 Å². The Morgan fingerprint density at radius 3 is 2.42 bits per heavy atom. The second-order valence-electron chi connectivity index (χ2n) is 10.6. The molecule has 8 heteroatoms. The van der Waals surface area contributed by atoms with E-state index in [2.05, 4.69) is 39.5 Å². The summed E-state index contributed by atoms with van der Waals surface area (Å²) in [7, 11) is 0. The molecule has 4 rings (SSSR count). The smallest absolute Gasteiger partial charge is 0.407 e. The molecule has 3 amide bonds. The number of imide groups is 1. The Kier molecular flexibility index (Phi) is 9.61. The molecule has 0 spiro atoms. The molecule has 2 N–H and O–H groups in total. The van der Waals surface area contributed by atoms with E-state index < -0.39 is 0 Å². The number of carbonyl (C=O) groups is 3. The van der Waals surface area contributed by atoms with Crippen molar-refractivity contribution < 1.29 is 19.1 Å². The first-order chi connectivity index (χ1) is 17.5. The molecule has 1 aliphatic carbocycles. The zero-order valence-electron chi connectivity index (χ0n) is 21.7. The number of piperidine rings is 1. The highest BCUT2D eigenvalue weighted by Gasteiger charge is 2.28. The van der Waals surface area contributed by atoms with Gasteiger partial charge in [0, 0.05) is 44.3 Å². The van der Waals surface area contributed by atoms with E-state index in [1.807, 2.05) is 12.1 Å². The number of nitrogens with zero attached hydrogens (tertiary/aromatic N) is 2. The van der Waals surface area contributed by atoms with Gasteiger partial charge in [0.2, 0.25) is 11.8 Å². The SMILES string of the molecule is CCCCOC(=O)NC1CCC(CCN2CCN(c3ccc(C4CCC(=O)NC4=O)cc3)CC2)CC1. The molecule has 0 radical (unpaired) electrons. The van der Waals surface area contributed by atoms with Crippen LogP contribution in [0.4, 0.5) is 10.5 Å². The van der Waals surface area contributed by atoms with Gasteiger partial charge in [0.1, 0.15) is 0 Å². The highest BCUT2D eigenvalue weighted by Crippen LogP contribution is 2.29. The summed E-state index contributed by atoms with van der Waals surface area (Å²) in [5.74, 6) is 0.175. The van der Waals surface area contributed by atoms with Gasteiger partial charge in [0.05, 0.1) is 12.5 Å². The summed E-state index contributed by atoms with van der Waals surface area (Å²) < 4.78 is 5.23. The molecule has 1 atom stereocenters. The van der Waals surface area contributed by atoms with E-state index in [9.17, 15) is 14.4 Å². The number of nitrogens with one attached hydrogen (secondary N) is 2. The van der Waals surface area contributed by atoms with Crippen molar-refractivity contribution in [3.05, 3.63) is 29.8 Å². The predicted octanol–water partition coefficient (Wildman–Crippen LogP) is 3.80. The topological polar surface area (TPSA) is 91.0 Å². The Bertz CT molecular complexity index is 874. The van der Waals surface area contributed by atoms with Crippen LogP contribution in [0.1, 0.15) is 76.2 Å². The highest BCUT2D eigenvalue weighted by molar-refractivity contribution is 6.00. The molecule has 1 saturated carbocycles. The molecule has 2 heterocycles. The fourth-order valence-electron chi connectivity index (χ4n) is 5.64. The van der Waals surface area contributed by atoms with Crippen molar-refractivity contribution >= 4 is 23.6 Å². The van der Waals surface area contributed by atoms with Gasteiger partial charge in [-0.25, -0.2) is 4.79 Å². The van der Waals surface area contributed by atoms with Crippen molar-refractivity contribution in [3.63, 3.8) is 0 Å². The molecule has 8 nitrogen and oxygen atoms in total. The van der Waals surface area contributed by atoms with Gasteiger partial charge >= 0.3 is 6.09 Å². The van der Waals surface area contributed by atoms with Gasteiger partial charge in [0.25, 0.3) is 0 Å². The second kappa shape index (κ2) is 13.1. The third kappa shape index (κ3) is 7.45. The van der Waals surface area contributed by atoms with E-state index in [-0.39, 0.29) is 29.9 Å². The largest absolute Gasteiger partial charge is 0.450 e. The highest BCUT2D eigenvalue weighted by atomic mass is 16.5. The van der Waals surface area contributed by atoms with Crippen LogP contribution in [0, 0.1) is 5.92 Å². The minimum Gasteiger partial charge on any atom is -0.450 e. The van der Waals surface area contributed by atoms with Crippen LogP contribution in [0.5, 0.6) is 0 Å². The maximum Gasteiger partial charge on any atom is 0.407 e. The molecule has 1 aromatic carbocycles. The summed E-state index contributed by atoms with van der Waals surface area (Å²) in [6.07, 6.45) is 8.39. The van der Waals surface area contributed by atoms with E-state index in [0.717, 1.165) is 69.9 Å². The summed E-state index contributed by atoms with van der Waals surface area (Å²) in [5.41, 5.74) is 2.19. The second-order valence-corrected chi connectivity index (χ2v) is 10.6. The number of carbonyl (C=O) groups excluding carboxylic acids is 3. The number of ether oxygens (including phenoxy) is 1. The lowest BCUT2D eigenvalue weighted by Crippen LogP contribution is -2.47. The van der Waals surface area contributed by atoms with Gasteiger partial charge in [-0.2, -0.15) is 0 Å². The number of hydrogen-bond acceptors (Lipinski definition) is 6. The van der Waals surface area contributed by atoms with Gasteiger partial charge < -0.3 is 15.0 Å². The predicted molar refractivity (Wildman–Crippen MR) is 140 cm³/mol. The molecule has 0 bridgehead atoms. The van der Waals surface area contributed by atoms with E-state index in [4.69, 9.17) is 4.74 Å². The average Bonchev–Trinajstić information content (AvgIpc) is 2.89. The Balaban J connectivity index is 1.12. The fourth-order valence-corrected chi connectivity index (χ4v) is 5.64. The lowest BCUT2D eigenvalue weighted by atomic mass is 9.84. The first-order valence-corrected chi connectivity index (χ1v) is 13.9. The number of amides is 3. The molecule has 3 fully saturated rings. The van der Waals surface area contributed by atoms with Crippen LogP contribution >= 0.6 is 0 Å². The maximum atomic E-state index is 12.1. The Hall–Kier alpha value is -2.61. The minimum absolute atomic E-state index is 0.171. The van der Waals surface area contributed by atoms with Crippen molar-refractivity contribution in [2.75, 3.05) is 44.2 Å². The summed E-state index contributed by atoms with van der Waals surface area (Å²) in [5, 5.41) is 5.49. The molecular weight excluding hydrogens is 456 g/mol. The summed E-state index contributed by atoms with van der Waals surface area (Å²) in [4.78, 5) is 40.4. The van der Waals surface area contributed by atoms with Gasteiger partial charge in [-0.15, -0.1) is 0 Å². The van der Waals surface area contributed by atoms with Crippen LogP contribution in [-0.4, -0.2) is 68.2 Å².